The summed E-state index contributed by atoms with van der Waals surface area (Å²) in [7, 11) is 0. The van der Waals surface area contributed by atoms with Crippen molar-refractivity contribution in [1.29, 1.82) is 0 Å². The Hall–Kier alpha value is -1.10. The first-order valence-electron chi connectivity index (χ1n) is 9.75. The molecule has 0 spiro atoms. The second-order valence-corrected chi connectivity index (χ2v) is 7.70. The summed E-state index contributed by atoms with van der Waals surface area (Å²) in [5.74, 6) is 0.895. The van der Waals surface area contributed by atoms with Crippen LogP contribution in [0.2, 0.25) is 0 Å². The molecular weight excluding hydrogens is 325 g/mol. The molecule has 1 saturated carbocycles. The lowest BCUT2D eigenvalue weighted by molar-refractivity contribution is -0.134. The minimum atomic E-state index is -4.09. The number of hydrogen-bond acceptors (Lipinski definition) is 2. The van der Waals surface area contributed by atoms with Crippen LogP contribution in [0.25, 0.3) is 0 Å². The Labute approximate surface area is 148 Å². The molecule has 2 nitrogen and oxygen atoms in total. The monoisotopic (exact) mass is 354 g/mol. The van der Waals surface area contributed by atoms with Crippen LogP contribution in [0.3, 0.4) is 0 Å². The van der Waals surface area contributed by atoms with E-state index in [9.17, 15) is 13.2 Å². The molecule has 0 unspecified atom stereocenters. The van der Waals surface area contributed by atoms with Gasteiger partial charge in [-0.05, 0) is 42.9 Å². The fourth-order valence-electron chi connectivity index (χ4n) is 4.17. The second kappa shape index (κ2) is 8.52. The largest absolute Gasteiger partial charge is 0.389 e. The number of halogens is 3. The topological polar surface area (TPSA) is 16.1 Å². The van der Waals surface area contributed by atoms with E-state index in [4.69, 9.17) is 0 Å². The van der Waals surface area contributed by atoms with Gasteiger partial charge in [0.15, 0.2) is 0 Å². The zero-order valence-corrected chi connectivity index (χ0v) is 15.0. The number of aryl methyl sites for hydroxylation is 1. The first kappa shape index (κ1) is 18.7. The highest BCUT2D eigenvalue weighted by molar-refractivity contribution is 5.27. The maximum Gasteiger partial charge on any atom is 0.389 e. The van der Waals surface area contributed by atoms with Gasteiger partial charge >= 0.3 is 6.18 Å². The average molecular weight is 354 g/mol. The van der Waals surface area contributed by atoms with E-state index in [2.05, 4.69) is 9.88 Å². The van der Waals surface area contributed by atoms with Gasteiger partial charge in [0.25, 0.3) is 0 Å². The van der Waals surface area contributed by atoms with E-state index in [0.717, 1.165) is 49.7 Å². The maximum absolute atomic E-state index is 12.4. The Morgan fingerprint density at radius 3 is 2.60 bits per heavy atom. The standard InChI is InChI=1S/C20H29F3N2/c21-20(22,23)10-6-17-14-18-8-12-25(13-9-19(18)24-15-17)11-7-16-4-2-1-3-5-16/h14-16H,1-13H2. The van der Waals surface area contributed by atoms with E-state index in [1.165, 1.54) is 38.5 Å². The summed E-state index contributed by atoms with van der Waals surface area (Å²) < 4.78 is 37.2. The highest BCUT2D eigenvalue weighted by atomic mass is 19.4. The van der Waals surface area contributed by atoms with Crippen LogP contribution >= 0.6 is 0 Å². The molecule has 0 bridgehead atoms. The Morgan fingerprint density at radius 2 is 1.84 bits per heavy atom. The van der Waals surface area contributed by atoms with Crippen LogP contribution in [-0.2, 0) is 19.3 Å². The summed E-state index contributed by atoms with van der Waals surface area (Å²) in [6.45, 7) is 3.18. The first-order chi connectivity index (χ1) is 12.0. The molecule has 140 valence electrons. The molecule has 0 saturated heterocycles. The lowest BCUT2D eigenvalue weighted by atomic mass is 9.87. The third kappa shape index (κ3) is 5.98. The number of pyridine rings is 1. The second-order valence-electron chi connectivity index (χ2n) is 7.70. The molecule has 1 fully saturated rings. The molecule has 1 aromatic rings. The zero-order valence-electron chi connectivity index (χ0n) is 15.0. The number of hydrogen-bond donors (Lipinski definition) is 0. The fourth-order valence-corrected chi connectivity index (χ4v) is 4.17. The lowest BCUT2D eigenvalue weighted by Gasteiger charge is -2.26. The van der Waals surface area contributed by atoms with Crippen molar-refractivity contribution >= 4 is 0 Å². The number of rotatable bonds is 5. The van der Waals surface area contributed by atoms with Gasteiger partial charge in [-0.3, -0.25) is 4.98 Å². The summed E-state index contributed by atoms with van der Waals surface area (Å²) in [5, 5.41) is 0. The van der Waals surface area contributed by atoms with Crippen molar-refractivity contribution in [2.75, 3.05) is 19.6 Å². The molecule has 1 aliphatic heterocycles. The van der Waals surface area contributed by atoms with Gasteiger partial charge in [-0.25, -0.2) is 0 Å². The molecule has 1 aromatic heterocycles. The molecule has 0 aromatic carbocycles. The van der Waals surface area contributed by atoms with E-state index in [1.54, 1.807) is 6.20 Å². The van der Waals surface area contributed by atoms with Crippen molar-refractivity contribution in [2.24, 2.45) is 5.92 Å². The highest BCUT2D eigenvalue weighted by Crippen LogP contribution is 2.27. The molecule has 2 aliphatic rings. The van der Waals surface area contributed by atoms with Gasteiger partial charge in [-0.1, -0.05) is 38.2 Å². The predicted molar refractivity (Wildman–Crippen MR) is 93.7 cm³/mol. The van der Waals surface area contributed by atoms with E-state index in [1.807, 2.05) is 6.07 Å². The van der Waals surface area contributed by atoms with Crippen molar-refractivity contribution in [3.8, 4) is 0 Å². The minimum absolute atomic E-state index is 0.0369. The molecule has 0 N–H and O–H groups in total. The zero-order chi connectivity index (χ0) is 17.7. The lowest BCUT2D eigenvalue weighted by Crippen LogP contribution is -2.29. The Morgan fingerprint density at radius 1 is 1.08 bits per heavy atom. The van der Waals surface area contributed by atoms with Crippen molar-refractivity contribution < 1.29 is 13.2 Å². The molecule has 0 radical (unpaired) electrons. The Balaban J connectivity index is 1.50. The van der Waals surface area contributed by atoms with Crippen LogP contribution in [0.5, 0.6) is 0 Å². The van der Waals surface area contributed by atoms with Crippen LogP contribution in [0, 0.1) is 5.92 Å². The average Bonchev–Trinajstić information content (AvgIpc) is 2.80. The fraction of sp³-hybridized carbons (Fsp3) is 0.750. The third-order valence-electron chi connectivity index (χ3n) is 5.75. The van der Waals surface area contributed by atoms with Gasteiger partial charge in [0.2, 0.25) is 0 Å². The summed E-state index contributed by atoms with van der Waals surface area (Å²) in [5.41, 5.74) is 2.95. The highest BCUT2D eigenvalue weighted by Gasteiger charge is 2.26. The van der Waals surface area contributed by atoms with Crippen LogP contribution in [0.4, 0.5) is 13.2 Å². The van der Waals surface area contributed by atoms with Crippen LogP contribution in [0.1, 0.15) is 61.8 Å². The third-order valence-corrected chi connectivity index (χ3v) is 5.75. The van der Waals surface area contributed by atoms with Crippen molar-refractivity contribution in [3.63, 3.8) is 0 Å². The van der Waals surface area contributed by atoms with Gasteiger partial charge in [-0.2, -0.15) is 13.2 Å². The minimum Gasteiger partial charge on any atom is -0.303 e. The molecule has 0 atom stereocenters. The Bertz CT molecular complexity index is 550. The van der Waals surface area contributed by atoms with Crippen LogP contribution in [-0.4, -0.2) is 35.7 Å². The quantitative estimate of drug-likeness (QED) is 0.744. The van der Waals surface area contributed by atoms with Crippen molar-refractivity contribution in [3.05, 3.63) is 29.1 Å². The molecule has 25 heavy (non-hydrogen) atoms. The summed E-state index contributed by atoms with van der Waals surface area (Å²) in [6.07, 6.45) is 6.89. The number of alkyl halides is 3. The van der Waals surface area contributed by atoms with Gasteiger partial charge in [-0.15, -0.1) is 0 Å². The predicted octanol–water partition coefficient (Wildman–Crippen LogP) is 4.95. The van der Waals surface area contributed by atoms with E-state index < -0.39 is 12.6 Å². The number of nitrogens with zero attached hydrogens (tertiary/aromatic N) is 2. The van der Waals surface area contributed by atoms with Crippen molar-refractivity contribution in [1.82, 2.24) is 9.88 Å². The van der Waals surface area contributed by atoms with Crippen molar-refractivity contribution in [2.45, 2.75) is 70.4 Å². The normalized spacial score (nSPS) is 20.3. The Kier molecular flexibility index (Phi) is 6.37. The van der Waals surface area contributed by atoms with Crippen LogP contribution in [0.15, 0.2) is 12.3 Å². The molecule has 1 aliphatic carbocycles. The maximum atomic E-state index is 12.4. The molecular formula is C20H29F3N2. The molecule has 0 amide bonds. The number of aromatic nitrogens is 1. The van der Waals surface area contributed by atoms with Gasteiger partial charge in [0, 0.05) is 37.8 Å². The van der Waals surface area contributed by atoms with E-state index in [-0.39, 0.29) is 6.42 Å². The van der Waals surface area contributed by atoms with Gasteiger partial charge in [0.1, 0.15) is 0 Å². The van der Waals surface area contributed by atoms with E-state index >= 15 is 0 Å². The smallest absolute Gasteiger partial charge is 0.303 e. The van der Waals surface area contributed by atoms with Crippen LogP contribution < -0.4 is 0 Å². The van der Waals surface area contributed by atoms with Gasteiger partial charge < -0.3 is 4.90 Å². The van der Waals surface area contributed by atoms with Gasteiger partial charge in [0.05, 0.1) is 0 Å². The summed E-state index contributed by atoms with van der Waals surface area (Å²) in [4.78, 5) is 6.99. The summed E-state index contributed by atoms with van der Waals surface area (Å²) >= 11 is 0. The summed E-state index contributed by atoms with van der Waals surface area (Å²) in [6, 6.07) is 1.96. The first-order valence-corrected chi connectivity index (χ1v) is 9.75. The molecule has 3 rings (SSSR count). The number of fused-ring (bicyclic) bond motifs is 1. The molecule has 5 heteroatoms. The molecule has 2 heterocycles. The van der Waals surface area contributed by atoms with E-state index in [0.29, 0.717) is 5.56 Å². The SMILES string of the molecule is FC(F)(F)CCc1cnc2c(c1)CCN(CCC1CCCCC1)CC2.